The summed E-state index contributed by atoms with van der Waals surface area (Å²) in [6, 6.07) is 4.62. The van der Waals surface area contributed by atoms with E-state index in [1.807, 2.05) is 0 Å². The number of alkyl halides is 1. The zero-order chi connectivity index (χ0) is 14.5. The summed E-state index contributed by atoms with van der Waals surface area (Å²) in [6.45, 7) is 0.908. The molecule has 1 aromatic carbocycles. The van der Waals surface area contributed by atoms with Crippen LogP contribution in [0.5, 0.6) is 0 Å². The maximum Gasteiger partial charge on any atom is 0.240 e. The molecule has 1 N–H and O–H groups in total. The summed E-state index contributed by atoms with van der Waals surface area (Å²) in [6.07, 6.45) is 0. The lowest BCUT2D eigenvalue weighted by Gasteiger charge is -2.08. The molecule has 7 heteroatoms. The summed E-state index contributed by atoms with van der Waals surface area (Å²) in [5.74, 6) is -0.0440. The molecule has 2 rings (SSSR count). The molecular weight excluding hydrogens is 285 g/mol. The van der Waals surface area contributed by atoms with Crippen LogP contribution in [0, 0.1) is 5.82 Å². The van der Waals surface area contributed by atoms with Crippen LogP contribution in [0.3, 0.4) is 0 Å². The summed E-state index contributed by atoms with van der Waals surface area (Å²) in [5.41, 5.74) is 0.787. The fourth-order valence-corrected chi connectivity index (χ4v) is 2.14. The molecule has 0 unspecified atom stereocenters. The minimum Gasteiger partial charge on any atom is -0.383 e. The van der Waals surface area contributed by atoms with Gasteiger partial charge in [-0.25, -0.2) is 9.37 Å². The number of fused-ring (bicyclic) bond motifs is 1. The van der Waals surface area contributed by atoms with Gasteiger partial charge in [0.1, 0.15) is 17.9 Å². The van der Waals surface area contributed by atoms with E-state index >= 15 is 0 Å². The van der Waals surface area contributed by atoms with Crippen molar-refractivity contribution < 1.29 is 13.9 Å². The molecule has 1 amide bonds. The third kappa shape index (κ3) is 3.08. The number of imidazole rings is 1. The summed E-state index contributed by atoms with van der Waals surface area (Å²) < 4.78 is 20.1. The summed E-state index contributed by atoms with van der Waals surface area (Å²) in [7, 11) is 1.56. The number of carbonyl (C=O) groups excluding carboxylic acids is 1. The Morgan fingerprint density at radius 2 is 2.35 bits per heavy atom. The molecule has 0 bridgehead atoms. The number of hydrogen-bond acceptors (Lipinski definition) is 3. The van der Waals surface area contributed by atoms with E-state index in [-0.39, 0.29) is 23.8 Å². The second kappa shape index (κ2) is 6.67. The predicted octanol–water partition coefficient (Wildman–Crippen LogP) is 1.68. The minimum absolute atomic E-state index is 0.0473. The Kier molecular flexibility index (Phi) is 4.92. The molecule has 0 fully saturated rings. The Morgan fingerprint density at radius 1 is 1.55 bits per heavy atom. The zero-order valence-corrected chi connectivity index (χ0v) is 11.8. The average molecular weight is 300 g/mol. The first-order chi connectivity index (χ1) is 9.67. The molecule has 5 nitrogen and oxygen atoms in total. The van der Waals surface area contributed by atoms with Gasteiger partial charge in [-0.15, -0.1) is 11.6 Å². The number of nitrogens with zero attached hydrogens (tertiary/aromatic N) is 2. The van der Waals surface area contributed by atoms with Crippen molar-refractivity contribution in [3.8, 4) is 0 Å². The first-order valence-electron chi connectivity index (χ1n) is 6.12. The number of benzene rings is 1. The van der Waals surface area contributed by atoms with Gasteiger partial charge in [-0.1, -0.05) is 6.07 Å². The molecule has 2 aromatic rings. The van der Waals surface area contributed by atoms with Gasteiger partial charge < -0.3 is 14.6 Å². The molecule has 108 valence electrons. The van der Waals surface area contributed by atoms with Gasteiger partial charge in [0, 0.05) is 13.7 Å². The summed E-state index contributed by atoms with van der Waals surface area (Å²) in [5, 5.41) is 2.70. The number of halogens is 2. The molecule has 0 aliphatic heterocycles. The average Bonchev–Trinajstić information content (AvgIpc) is 2.79. The van der Waals surface area contributed by atoms with Crippen molar-refractivity contribution in [2.75, 3.05) is 20.3 Å². The van der Waals surface area contributed by atoms with Crippen LogP contribution in [0.25, 0.3) is 11.0 Å². The normalized spacial score (nSPS) is 10.9. The van der Waals surface area contributed by atoms with Gasteiger partial charge >= 0.3 is 0 Å². The van der Waals surface area contributed by atoms with Crippen molar-refractivity contribution >= 4 is 28.5 Å². The van der Waals surface area contributed by atoms with Crippen LogP contribution in [-0.2, 0) is 22.0 Å². The third-order valence-corrected chi connectivity index (χ3v) is 3.10. The van der Waals surface area contributed by atoms with Crippen LogP contribution >= 0.6 is 11.6 Å². The van der Waals surface area contributed by atoms with Gasteiger partial charge in [0.05, 0.1) is 18.0 Å². The number of aromatic nitrogens is 2. The molecule has 0 radical (unpaired) electrons. The van der Waals surface area contributed by atoms with Crippen LogP contribution in [0.4, 0.5) is 4.39 Å². The van der Waals surface area contributed by atoms with E-state index in [1.165, 1.54) is 6.07 Å². The van der Waals surface area contributed by atoms with Gasteiger partial charge in [0.15, 0.2) is 5.82 Å². The molecule has 1 aromatic heterocycles. The third-order valence-electron chi connectivity index (χ3n) is 2.86. The Labute approximate surface area is 120 Å². The summed E-state index contributed by atoms with van der Waals surface area (Å²) in [4.78, 5) is 16.0. The highest BCUT2D eigenvalue weighted by atomic mass is 35.5. The smallest absolute Gasteiger partial charge is 0.240 e. The van der Waals surface area contributed by atoms with Gasteiger partial charge in [0.2, 0.25) is 5.91 Å². The Hall–Kier alpha value is -1.66. The number of methoxy groups -OCH3 is 1. The quantitative estimate of drug-likeness (QED) is 0.652. The van der Waals surface area contributed by atoms with E-state index in [0.29, 0.717) is 24.5 Å². The number of amides is 1. The fraction of sp³-hybridized carbons (Fsp3) is 0.385. The summed E-state index contributed by atoms with van der Waals surface area (Å²) >= 11 is 5.81. The Balaban J connectivity index is 2.24. The second-order valence-corrected chi connectivity index (χ2v) is 4.47. The van der Waals surface area contributed by atoms with E-state index in [2.05, 4.69) is 10.3 Å². The minimum atomic E-state index is -0.424. The highest BCUT2D eigenvalue weighted by Gasteiger charge is 2.15. The van der Waals surface area contributed by atoms with Crippen LogP contribution in [-0.4, -0.2) is 35.7 Å². The Bertz CT molecular complexity index is 615. The standard InChI is InChI=1S/C13H15ClFN3O2/c1-20-6-5-16-12(19)8-18-10-4-2-3-9(15)13(10)17-11(18)7-14/h2-4H,5-8H2,1H3,(H,16,19). The predicted molar refractivity (Wildman–Crippen MR) is 74.1 cm³/mol. The maximum atomic E-state index is 13.7. The van der Waals surface area contributed by atoms with E-state index in [1.54, 1.807) is 23.8 Å². The van der Waals surface area contributed by atoms with Crippen molar-refractivity contribution in [2.24, 2.45) is 0 Å². The molecular formula is C13H15ClFN3O2. The SMILES string of the molecule is COCCNC(=O)Cn1c(CCl)nc2c(F)cccc21. The van der Waals surface area contributed by atoms with Crippen molar-refractivity contribution in [3.63, 3.8) is 0 Å². The van der Waals surface area contributed by atoms with Crippen LogP contribution < -0.4 is 5.32 Å². The molecule has 0 atom stereocenters. The number of nitrogens with one attached hydrogen (secondary N) is 1. The largest absolute Gasteiger partial charge is 0.383 e. The molecule has 0 aliphatic carbocycles. The highest BCUT2D eigenvalue weighted by Crippen LogP contribution is 2.20. The lowest BCUT2D eigenvalue weighted by molar-refractivity contribution is -0.121. The number of carbonyl (C=O) groups is 1. The number of para-hydroxylation sites is 1. The fourth-order valence-electron chi connectivity index (χ4n) is 1.93. The van der Waals surface area contributed by atoms with Crippen LogP contribution in [0.15, 0.2) is 18.2 Å². The lowest BCUT2D eigenvalue weighted by atomic mass is 10.3. The molecule has 0 aliphatic rings. The zero-order valence-electron chi connectivity index (χ0n) is 11.0. The molecule has 0 spiro atoms. The van der Waals surface area contributed by atoms with E-state index in [0.717, 1.165) is 0 Å². The Morgan fingerprint density at radius 3 is 3.05 bits per heavy atom. The van der Waals surface area contributed by atoms with Crippen LogP contribution in [0.1, 0.15) is 5.82 Å². The lowest BCUT2D eigenvalue weighted by Crippen LogP contribution is -2.30. The first-order valence-corrected chi connectivity index (χ1v) is 6.66. The van der Waals surface area contributed by atoms with Gasteiger partial charge in [-0.2, -0.15) is 0 Å². The van der Waals surface area contributed by atoms with E-state index in [4.69, 9.17) is 16.3 Å². The number of ether oxygens (including phenoxy) is 1. The molecule has 20 heavy (non-hydrogen) atoms. The van der Waals surface area contributed by atoms with Gasteiger partial charge in [0.25, 0.3) is 0 Å². The van der Waals surface area contributed by atoms with E-state index < -0.39 is 5.82 Å². The van der Waals surface area contributed by atoms with Gasteiger partial charge in [-0.05, 0) is 12.1 Å². The number of hydrogen-bond donors (Lipinski definition) is 1. The van der Waals surface area contributed by atoms with Crippen molar-refractivity contribution in [2.45, 2.75) is 12.4 Å². The maximum absolute atomic E-state index is 13.7. The monoisotopic (exact) mass is 299 g/mol. The first kappa shape index (κ1) is 14.7. The van der Waals surface area contributed by atoms with E-state index in [9.17, 15) is 9.18 Å². The topological polar surface area (TPSA) is 56.1 Å². The second-order valence-electron chi connectivity index (χ2n) is 4.20. The van der Waals surface area contributed by atoms with Crippen molar-refractivity contribution in [3.05, 3.63) is 29.8 Å². The molecule has 1 heterocycles. The number of rotatable bonds is 6. The molecule has 0 saturated heterocycles. The van der Waals surface area contributed by atoms with Gasteiger partial charge in [-0.3, -0.25) is 4.79 Å². The van der Waals surface area contributed by atoms with Crippen LogP contribution in [0.2, 0.25) is 0 Å². The highest BCUT2D eigenvalue weighted by molar-refractivity contribution is 6.16. The molecule has 0 saturated carbocycles. The van der Waals surface area contributed by atoms with Crippen molar-refractivity contribution in [1.29, 1.82) is 0 Å². The van der Waals surface area contributed by atoms with Crippen molar-refractivity contribution in [1.82, 2.24) is 14.9 Å².